The standard InChI is InChI=1S/2C4H9.C3H4O4.Mg/c2*1-3-4-2;4-2(5)1-3(6)7;/h2*1,3-4H2,2H3;1H2,(H,4,5)(H,6,7);. The maximum atomic E-state index is 9.43. The van der Waals surface area contributed by atoms with Gasteiger partial charge < -0.3 is 10.2 Å². The van der Waals surface area contributed by atoms with Crippen LogP contribution in [0.3, 0.4) is 0 Å². The highest BCUT2D eigenvalue weighted by molar-refractivity contribution is 6.35. The third-order valence-corrected chi connectivity index (χ3v) is 4.01. The number of aliphatic carboxylic acids is 2. The Morgan fingerprint density at radius 2 is 1.31 bits per heavy atom. The lowest BCUT2D eigenvalue weighted by Crippen LogP contribution is -2.03. The molecule has 0 unspecified atom stereocenters. The predicted octanol–water partition coefficient (Wildman–Crippen LogP) is 2.67. The van der Waals surface area contributed by atoms with Gasteiger partial charge >= 0.3 is 32.3 Å². The van der Waals surface area contributed by atoms with Crippen LogP contribution in [0.5, 0.6) is 0 Å². The maximum Gasteiger partial charge on any atom is 0.364 e. The topological polar surface area (TPSA) is 74.6 Å². The van der Waals surface area contributed by atoms with E-state index in [1.807, 2.05) is 0 Å². The lowest BCUT2D eigenvalue weighted by Gasteiger charge is -1.93. The Bertz CT molecular complexity index is 165. The van der Waals surface area contributed by atoms with Crippen molar-refractivity contribution in [2.45, 2.75) is 55.1 Å². The molecule has 0 aliphatic heterocycles. The Balaban J connectivity index is 0. The molecule has 0 bridgehead atoms. The molecule has 0 aromatic heterocycles. The molecule has 0 rings (SSSR count). The van der Waals surface area contributed by atoms with Crippen molar-refractivity contribution in [1.29, 1.82) is 0 Å². The normalized spacial score (nSPS) is 8.62. The van der Waals surface area contributed by atoms with E-state index in [0.29, 0.717) is 20.4 Å². The number of carbonyl (C=O) groups is 2. The van der Waals surface area contributed by atoms with Crippen LogP contribution in [0, 0.1) is 0 Å². The Morgan fingerprint density at radius 1 is 0.938 bits per heavy atom. The summed E-state index contributed by atoms with van der Waals surface area (Å²) in [5.74, 6) is -2.62. The summed E-state index contributed by atoms with van der Waals surface area (Å²) in [5, 5.41) is 15.4. The van der Waals surface area contributed by atoms with Gasteiger partial charge in [-0.05, 0) is 0 Å². The minimum absolute atomic E-state index is 0.389. The molecule has 0 aromatic carbocycles. The average molecular weight is 243 g/mol. The van der Waals surface area contributed by atoms with Crippen LogP contribution < -0.4 is 0 Å². The first kappa shape index (κ1) is 18.1. The number of hydrogen-bond acceptors (Lipinski definition) is 2. The Morgan fingerprint density at radius 3 is 1.50 bits per heavy atom. The molecule has 0 aromatic rings. The molecule has 0 aliphatic rings. The van der Waals surface area contributed by atoms with Crippen molar-refractivity contribution in [2.24, 2.45) is 0 Å². The lowest BCUT2D eigenvalue weighted by molar-refractivity contribution is -0.147. The molecule has 92 valence electrons. The minimum Gasteiger partial charge on any atom is -0.481 e. The monoisotopic (exact) mass is 242 g/mol. The zero-order valence-corrected chi connectivity index (χ0v) is 11.8. The summed E-state index contributed by atoms with van der Waals surface area (Å²) in [6, 6.07) is 0. The van der Waals surface area contributed by atoms with Crippen molar-refractivity contribution >= 4 is 32.3 Å². The molecule has 4 nitrogen and oxygen atoms in total. The van der Waals surface area contributed by atoms with E-state index in [2.05, 4.69) is 13.8 Å². The summed E-state index contributed by atoms with van der Waals surface area (Å²) in [7, 11) is 0. The largest absolute Gasteiger partial charge is 0.481 e. The highest BCUT2D eigenvalue weighted by Crippen LogP contribution is 1.99. The molecule has 0 heterocycles. The number of hydrogen-bond donors (Lipinski definition) is 2. The van der Waals surface area contributed by atoms with E-state index in [0.717, 1.165) is 0 Å². The van der Waals surface area contributed by atoms with E-state index in [1.165, 1.54) is 25.7 Å². The summed E-state index contributed by atoms with van der Waals surface area (Å²) >= 11 is 0.389. The fourth-order valence-electron chi connectivity index (χ4n) is 1.16. The van der Waals surface area contributed by atoms with Crippen molar-refractivity contribution in [3.63, 3.8) is 0 Å². The minimum atomic E-state index is -1.31. The average Bonchev–Trinajstić information content (AvgIpc) is 2.16. The molecule has 16 heavy (non-hydrogen) atoms. The molecule has 0 saturated heterocycles. The maximum absolute atomic E-state index is 9.43. The zero-order chi connectivity index (χ0) is 12.8. The van der Waals surface area contributed by atoms with E-state index in [4.69, 9.17) is 10.2 Å². The number of rotatable bonds is 8. The van der Waals surface area contributed by atoms with Gasteiger partial charge in [0, 0.05) is 0 Å². The van der Waals surface area contributed by atoms with Gasteiger partial charge in [-0.3, -0.25) is 9.59 Å². The third-order valence-electron chi connectivity index (χ3n) is 2.01. The first-order valence-electron chi connectivity index (χ1n) is 5.98. The molecular formula is C11H22MgO4. The van der Waals surface area contributed by atoms with Crippen molar-refractivity contribution in [1.82, 2.24) is 0 Å². The fraction of sp³-hybridized carbons (Fsp3) is 0.818. The van der Waals surface area contributed by atoms with Crippen LogP contribution in [-0.2, 0) is 9.59 Å². The predicted molar refractivity (Wildman–Crippen MR) is 65.1 cm³/mol. The van der Waals surface area contributed by atoms with E-state index >= 15 is 0 Å². The molecule has 2 N–H and O–H groups in total. The van der Waals surface area contributed by atoms with Gasteiger partial charge in [0.15, 0.2) is 0 Å². The van der Waals surface area contributed by atoms with Gasteiger partial charge in [-0.25, -0.2) is 0 Å². The van der Waals surface area contributed by atoms with Gasteiger partial charge in [-0.2, -0.15) is 0 Å². The van der Waals surface area contributed by atoms with E-state index in [-0.39, 0.29) is 0 Å². The molecule has 0 amide bonds. The molecule has 0 aliphatic carbocycles. The van der Waals surface area contributed by atoms with Crippen LogP contribution >= 0.6 is 0 Å². The molecular weight excluding hydrogens is 220 g/mol. The van der Waals surface area contributed by atoms with Crippen LogP contribution in [0.4, 0.5) is 0 Å². The number of carboxylic acids is 2. The van der Waals surface area contributed by atoms with Gasteiger partial charge in [-0.1, -0.05) is 39.5 Å². The van der Waals surface area contributed by atoms with Gasteiger partial charge in [0.25, 0.3) is 0 Å². The van der Waals surface area contributed by atoms with Gasteiger partial charge in [0.2, 0.25) is 0 Å². The second kappa shape index (κ2) is 14.7. The summed E-state index contributed by atoms with van der Waals surface area (Å²) in [6.07, 6.45) is 4.99. The Hall–Kier alpha value is -0.294. The van der Waals surface area contributed by atoms with E-state index in [9.17, 15) is 9.59 Å². The molecule has 0 spiro atoms. The third kappa shape index (κ3) is 23.5. The molecule has 5 heteroatoms. The van der Waals surface area contributed by atoms with Crippen molar-refractivity contribution in [2.75, 3.05) is 0 Å². The van der Waals surface area contributed by atoms with Crippen molar-refractivity contribution in [3.8, 4) is 0 Å². The van der Waals surface area contributed by atoms with Crippen molar-refractivity contribution < 1.29 is 19.8 Å². The van der Waals surface area contributed by atoms with Crippen LogP contribution in [0.25, 0.3) is 0 Å². The Kier molecular flexibility index (Phi) is 16.6. The van der Waals surface area contributed by atoms with E-state index < -0.39 is 18.4 Å². The van der Waals surface area contributed by atoms with Gasteiger partial charge in [0.1, 0.15) is 6.42 Å². The van der Waals surface area contributed by atoms with Crippen LogP contribution in [0.15, 0.2) is 0 Å². The summed E-state index contributed by atoms with van der Waals surface area (Å²) < 4.78 is 3.19. The van der Waals surface area contributed by atoms with Gasteiger partial charge in [-0.15, -0.1) is 9.10 Å². The summed E-state index contributed by atoms with van der Waals surface area (Å²) in [6.45, 7) is 4.57. The highest BCUT2D eigenvalue weighted by Gasteiger charge is 2.01. The van der Waals surface area contributed by atoms with Crippen molar-refractivity contribution in [3.05, 3.63) is 0 Å². The second-order valence-electron chi connectivity index (χ2n) is 3.73. The smallest absolute Gasteiger partial charge is 0.364 e. The summed E-state index contributed by atoms with van der Waals surface area (Å²) in [5.41, 5.74) is 0. The second-order valence-corrected chi connectivity index (χ2v) is 5.85. The quantitative estimate of drug-likeness (QED) is 0.390. The number of unbranched alkanes of at least 4 members (excludes halogenated alkanes) is 2. The molecule has 0 radical (unpaired) electrons. The zero-order valence-electron chi connectivity index (χ0n) is 10.4. The first-order chi connectivity index (χ1) is 7.54. The SMILES string of the molecule is CCC[CH2][Mg][CH2]CCC.O=C(O)CC(=O)O. The molecule has 0 atom stereocenters. The fourth-order valence-corrected chi connectivity index (χ4v) is 3.22. The van der Waals surface area contributed by atoms with Gasteiger partial charge in [0.05, 0.1) is 0 Å². The van der Waals surface area contributed by atoms with Crippen LogP contribution in [-0.4, -0.2) is 42.5 Å². The highest BCUT2D eigenvalue weighted by atomic mass is 24.5. The summed E-state index contributed by atoms with van der Waals surface area (Å²) in [4.78, 5) is 18.9. The van der Waals surface area contributed by atoms with E-state index in [1.54, 1.807) is 9.10 Å². The Labute approximate surface area is 107 Å². The van der Waals surface area contributed by atoms with Crippen LogP contribution in [0.1, 0.15) is 46.0 Å². The molecule has 0 saturated carbocycles. The number of carboxylic acid groups (broad SMARTS) is 2. The molecule has 0 fully saturated rings. The lowest BCUT2D eigenvalue weighted by atomic mass is 10.4. The first-order valence-corrected chi connectivity index (χ1v) is 7.98. The van der Waals surface area contributed by atoms with Crippen LogP contribution in [0.2, 0.25) is 9.10 Å².